The average molecular weight is 309 g/mol. The van der Waals surface area contributed by atoms with Gasteiger partial charge in [0.15, 0.2) is 0 Å². The van der Waals surface area contributed by atoms with E-state index in [0.717, 1.165) is 32.1 Å². The van der Waals surface area contributed by atoms with E-state index in [2.05, 4.69) is 13.8 Å². The number of halogens is 2. The molecule has 0 amide bonds. The van der Waals surface area contributed by atoms with Crippen molar-refractivity contribution in [1.82, 2.24) is 0 Å². The maximum atomic E-state index is 10.8. The monoisotopic (exact) mass is 308 g/mol. The zero-order valence-corrected chi connectivity index (χ0v) is 13.6. The first-order chi connectivity index (χ1) is 8.93. The predicted molar refractivity (Wildman–Crippen MR) is 81.6 cm³/mol. The maximum absolute atomic E-state index is 10.8. The van der Waals surface area contributed by atoms with Crippen molar-refractivity contribution in [2.24, 2.45) is 11.8 Å². The van der Waals surface area contributed by atoms with Crippen LogP contribution in [0.25, 0.3) is 0 Å². The van der Waals surface area contributed by atoms with Crippen molar-refractivity contribution in [2.45, 2.75) is 71.6 Å². The molecule has 0 radical (unpaired) electrons. The van der Waals surface area contributed by atoms with Crippen LogP contribution in [0, 0.1) is 11.8 Å². The lowest BCUT2D eigenvalue weighted by molar-refractivity contribution is -0.112. The normalized spacial score (nSPS) is 12.7. The van der Waals surface area contributed by atoms with Gasteiger partial charge < -0.3 is 0 Å². The lowest BCUT2D eigenvalue weighted by atomic mass is 9.86. The van der Waals surface area contributed by atoms with Crippen LogP contribution in [0.3, 0.4) is 0 Å². The molecule has 0 heterocycles. The van der Waals surface area contributed by atoms with Gasteiger partial charge in [0.25, 0.3) is 0 Å². The minimum Gasteiger partial charge on any atom is -0.281 e. The van der Waals surface area contributed by atoms with Crippen LogP contribution in [0.4, 0.5) is 0 Å². The highest BCUT2D eigenvalue weighted by molar-refractivity contribution is 6.63. The van der Waals surface area contributed by atoms with E-state index >= 15 is 0 Å². The number of carbonyl (C=O) groups is 2. The standard InChI is InChI=1S/C15H26Cl2O2/c1-12(2)13(10-11-15(17)19)8-6-4-3-5-7-9-14(16)18/h12-13H,3-11H2,1-2H3. The minimum atomic E-state index is -0.231. The van der Waals surface area contributed by atoms with Crippen LogP contribution < -0.4 is 0 Å². The van der Waals surface area contributed by atoms with Gasteiger partial charge in [0, 0.05) is 12.8 Å². The SMILES string of the molecule is CC(C)C(CCCCCCCC(=O)Cl)CCC(=O)Cl. The summed E-state index contributed by atoms with van der Waals surface area (Å²) in [5, 5.41) is -0.456. The Bertz CT molecular complexity index is 265. The van der Waals surface area contributed by atoms with E-state index in [1.54, 1.807) is 0 Å². The van der Waals surface area contributed by atoms with E-state index < -0.39 is 0 Å². The molecule has 1 atom stereocenters. The molecular formula is C15H26Cl2O2. The number of unbranched alkanes of at least 4 members (excludes halogenated alkanes) is 4. The van der Waals surface area contributed by atoms with Crippen molar-refractivity contribution >= 4 is 33.7 Å². The minimum absolute atomic E-state index is 0.226. The lowest BCUT2D eigenvalue weighted by Crippen LogP contribution is -2.10. The second-order valence-electron chi connectivity index (χ2n) is 5.56. The Morgan fingerprint density at radius 1 is 0.789 bits per heavy atom. The smallest absolute Gasteiger partial charge is 0.221 e. The molecule has 4 heteroatoms. The Balaban J connectivity index is 3.58. The van der Waals surface area contributed by atoms with Crippen LogP contribution in [0.1, 0.15) is 71.6 Å². The third kappa shape index (κ3) is 12.7. The van der Waals surface area contributed by atoms with Crippen molar-refractivity contribution in [3.63, 3.8) is 0 Å². The van der Waals surface area contributed by atoms with Crippen LogP contribution in [0.2, 0.25) is 0 Å². The molecule has 0 aliphatic heterocycles. The van der Waals surface area contributed by atoms with Gasteiger partial charge in [-0.3, -0.25) is 9.59 Å². The molecule has 0 aromatic carbocycles. The van der Waals surface area contributed by atoms with Crippen molar-refractivity contribution in [3.8, 4) is 0 Å². The van der Waals surface area contributed by atoms with E-state index in [0.29, 0.717) is 24.7 Å². The fraction of sp³-hybridized carbons (Fsp3) is 0.867. The van der Waals surface area contributed by atoms with Crippen molar-refractivity contribution in [1.29, 1.82) is 0 Å². The van der Waals surface area contributed by atoms with Gasteiger partial charge >= 0.3 is 0 Å². The fourth-order valence-corrected chi connectivity index (χ4v) is 2.55. The topological polar surface area (TPSA) is 34.1 Å². The number of hydrogen-bond donors (Lipinski definition) is 0. The summed E-state index contributed by atoms with van der Waals surface area (Å²) in [6.07, 6.45) is 8.56. The second-order valence-corrected chi connectivity index (χ2v) is 6.40. The zero-order valence-electron chi connectivity index (χ0n) is 12.1. The van der Waals surface area contributed by atoms with Gasteiger partial charge in [-0.15, -0.1) is 0 Å². The summed E-state index contributed by atoms with van der Waals surface area (Å²) in [4.78, 5) is 21.4. The number of carbonyl (C=O) groups excluding carboxylic acids is 2. The Morgan fingerprint density at radius 3 is 1.84 bits per heavy atom. The van der Waals surface area contributed by atoms with Gasteiger partial charge in [-0.05, 0) is 47.9 Å². The molecular weight excluding hydrogens is 283 g/mol. The molecule has 2 nitrogen and oxygen atoms in total. The van der Waals surface area contributed by atoms with E-state index in [-0.39, 0.29) is 10.5 Å². The van der Waals surface area contributed by atoms with E-state index in [1.165, 1.54) is 12.8 Å². The molecule has 0 saturated carbocycles. The Kier molecular flexibility index (Phi) is 11.7. The highest BCUT2D eigenvalue weighted by atomic mass is 35.5. The molecule has 0 rings (SSSR count). The van der Waals surface area contributed by atoms with Gasteiger partial charge in [0.2, 0.25) is 10.5 Å². The molecule has 0 saturated heterocycles. The molecule has 0 N–H and O–H groups in total. The van der Waals surface area contributed by atoms with Crippen LogP contribution in [-0.2, 0) is 9.59 Å². The van der Waals surface area contributed by atoms with Crippen molar-refractivity contribution < 1.29 is 9.59 Å². The Labute approximate surface area is 127 Å². The summed E-state index contributed by atoms with van der Waals surface area (Å²) in [6.45, 7) is 4.41. The quantitative estimate of drug-likeness (QED) is 0.362. The number of rotatable bonds is 12. The first-order valence-electron chi connectivity index (χ1n) is 7.30. The van der Waals surface area contributed by atoms with Crippen molar-refractivity contribution in [2.75, 3.05) is 0 Å². The van der Waals surface area contributed by atoms with Gasteiger partial charge in [-0.25, -0.2) is 0 Å². The molecule has 0 aromatic rings. The van der Waals surface area contributed by atoms with Gasteiger partial charge in [-0.2, -0.15) is 0 Å². The summed E-state index contributed by atoms with van der Waals surface area (Å²) in [6, 6.07) is 0. The summed E-state index contributed by atoms with van der Waals surface area (Å²) >= 11 is 10.7. The van der Waals surface area contributed by atoms with Crippen LogP contribution in [0.15, 0.2) is 0 Å². The zero-order chi connectivity index (χ0) is 14.7. The van der Waals surface area contributed by atoms with Crippen LogP contribution in [-0.4, -0.2) is 10.5 Å². The van der Waals surface area contributed by atoms with Gasteiger partial charge in [0.1, 0.15) is 0 Å². The average Bonchev–Trinajstić information content (AvgIpc) is 2.30. The van der Waals surface area contributed by atoms with Crippen LogP contribution in [0.5, 0.6) is 0 Å². The first-order valence-corrected chi connectivity index (χ1v) is 8.05. The lowest BCUT2D eigenvalue weighted by Gasteiger charge is -2.19. The molecule has 0 aliphatic rings. The maximum Gasteiger partial charge on any atom is 0.221 e. The molecule has 1 unspecified atom stereocenters. The molecule has 0 aromatic heterocycles. The van der Waals surface area contributed by atoms with Crippen molar-refractivity contribution in [3.05, 3.63) is 0 Å². The molecule has 0 spiro atoms. The largest absolute Gasteiger partial charge is 0.281 e. The van der Waals surface area contributed by atoms with Gasteiger partial charge in [-0.1, -0.05) is 46.0 Å². The Morgan fingerprint density at radius 2 is 1.32 bits per heavy atom. The first kappa shape index (κ1) is 18.9. The summed E-state index contributed by atoms with van der Waals surface area (Å²) in [7, 11) is 0. The third-order valence-electron chi connectivity index (χ3n) is 3.60. The molecule has 0 fully saturated rings. The summed E-state index contributed by atoms with van der Waals surface area (Å²) in [5.74, 6) is 1.19. The second kappa shape index (κ2) is 11.7. The van der Waals surface area contributed by atoms with E-state index in [9.17, 15) is 9.59 Å². The molecule has 112 valence electrons. The highest BCUT2D eigenvalue weighted by Crippen LogP contribution is 2.24. The highest BCUT2D eigenvalue weighted by Gasteiger charge is 2.14. The third-order valence-corrected chi connectivity index (χ3v) is 3.98. The molecule has 0 bridgehead atoms. The van der Waals surface area contributed by atoms with E-state index in [4.69, 9.17) is 23.2 Å². The summed E-state index contributed by atoms with van der Waals surface area (Å²) in [5.41, 5.74) is 0. The predicted octanol–water partition coefficient (Wildman–Crippen LogP) is 5.30. The number of hydrogen-bond acceptors (Lipinski definition) is 2. The Hall–Kier alpha value is -0.0800. The summed E-state index contributed by atoms with van der Waals surface area (Å²) < 4.78 is 0. The molecule has 19 heavy (non-hydrogen) atoms. The fourth-order valence-electron chi connectivity index (χ4n) is 2.31. The van der Waals surface area contributed by atoms with E-state index in [1.807, 2.05) is 0 Å². The van der Waals surface area contributed by atoms with Crippen LogP contribution >= 0.6 is 23.2 Å². The van der Waals surface area contributed by atoms with Gasteiger partial charge in [0.05, 0.1) is 0 Å². The molecule has 0 aliphatic carbocycles.